The summed E-state index contributed by atoms with van der Waals surface area (Å²) < 4.78 is 41.8. The fourth-order valence-electron chi connectivity index (χ4n) is 4.52. The van der Waals surface area contributed by atoms with Crippen LogP contribution in [0.3, 0.4) is 0 Å². The summed E-state index contributed by atoms with van der Waals surface area (Å²) in [7, 11) is 1.50. The van der Waals surface area contributed by atoms with Crippen LogP contribution in [0.15, 0.2) is 53.6 Å². The number of carbonyl (C=O) groups excluding carboxylic acids is 1. The monoisotopic (exact) mass is 565 g/mol. The zero-order valence-corrected chi connectivity index (χ0v) is 23.5. The van der Waals surface area contributed by atoms with E-state index in [9.17, 15) is 13.2 Å². The van der Waals surface area contributed by atoms with Crippen molar-refractivity contribution < 1.29 is 27.4 Å². The van der Waals surface area contributed by atoms with Crippen molar-refractivity contribution in [2.75, 3.05) is 46.0 Å². The van der Waals surface area contributed by atoms with Crippen LogP contribution in [0.4, 0.5) is 11.6 Å². The molecule has 5 rings (SSSR count). The molecule has 4 aromatic rings. The number of amides is 1. The minimum Gasteiger partial charge on any atom is -0.495 e. The first kappa shape index (κ1) is 27.4. The van der Waals surface area contributed by atoms with E-state index >= 15 is 0 Å². The van der Waals surface area contributed by atoms with Gasteiger partial charge in [-0.2, -0.15) is 9.97 Å². The molecule has 12 heteroatoms. The number of anilines is 2. The van der Waals surface area contributed by atoms with Gasteiger partial charge < -0.3 is 29.4 Å². The van der Waals surface area contributed by atoms with Gasteiger partial charge in [0.25, 0.3) is 5.91 Å². The van der Waals surface area contributed by atoms with Crippen LogP contribution < -0.4 is 14.8 Å². The second-order valence-corrected chi connectivity index (χ2v) is 11.8. The van der Waals surface area contributed by atoms with Crippen LogP contribution in [-0.2, 0) is 14.6 Å². The Morgan fingerprint density at radius 1 is 1.12 bits per heavy atom. The predicted octanol–water partition coefficient (Wildman–Crippen LogP) is 4.04. The smallest absolute Gasteiger partial charge is 0.253 e. The highest BCUT2D eigenvalue weighted by Gasteiger charge is 2.23. The highest BCUT2D eigenvalue weighted by Crippen LogP contribution is 2.37. The van der Waals surface area contributed by atoms with E-state index in [1.54, 1.807) is 56.7 Å². The normalized spacial score (nSPS) is 14.2. The van der Waals surface area contributed by atoms with E-state index in [-0.39, 0.29) is 22.9 Å². The van der Waals surface area contributed by atoms with Gasteiger partial charge in [0.15, 0.2) is 9.84 Å². The molecule has 2 N–H and O–H groups in total. The van der Waals surface area contributed by atoms with E-state index in [1.165, 1.54) is 18.3 Å². The zero-order valence-electron chi connectivity index (χ0n) is 22.7. The van der Waals surface area contributed by atoms with Gasteiger partial charge >= 0.3 is 0 Å². The Morgan fingerprint density at radius 3 is 2.60 bits per heavy atom. The third-order valence-corrected chi connectivity index (χ3v) is 7.73. The Bertz CT molecular complexity index is 1660. The summed E-state index contributed by atoms with van der Waals surface area (Å²) in [6.07, 6.45) is 4.28. The van der Waals surface area contributed by atoms with Crippen molar-refractivity contribution in [3.63, 3.8) is 0 Å². The topological polar surface area (TPSA) is 136 Å². The van der Waals surface area contributed by atoms with E-state index in [1.807, 2.05) is 6.07 Å². The van der Waals surface area contributed by atoms with Crippen LogP contribution in [-0.4, -0.2) is 81.0 Å². The highest BCUT2D eigenvalue weighted by molar-refractivity contribution is 7.90. The number of aromatic nitrogens is 3. The summed E-state index contributed by atoms with van der Waals surface area (Å²) >= 11 is 0. The lowest BCUT2D eigenvalue weighted by Gasteiger charge is -2.23. The molecule has 1 saturated heterocycles. The molecule has 0 radical (unpaired) electrons. The number of rotatable bonds is 8. The van der Waals surface area contributed by atoms with Gasteiger partial charge in [-0.1, -0.05) is 12.1 Å². The van der Waals surface area contributed by atoms with E-state index in [0.29, 0.717) is 65.5 Å². The molecule has 0 aliphatic carbocycles. The summed E-state index contributed by atoms with van der Waals surface area (Å²) in [4.78, 5) is 26.7. The van der Waals surface area contributed by atoms with Crippen LogP contribution in [0.2, 0.25) is 0 Å². The molecule has 40 heavy (non-hydrogen) atoms. The summed E-state index contributed by atoms with van der Waals surface area (Å²) in [5.41, 5.74) is 2.98. The van der Waals surface area contributed by atoms with Crippen molar-refractivity contribution in [1.82, 2.24) is 19.9 Å². The molecule has 210 valence electrons. The molecule has 0 spiro atoms. The molecular formula is C28H31N5O6S. The van der Waals surface area contributed by atoms with Gasteiger partial charge in [0.05, 0.1) is 36.3 Å². The van der Waals surface area contributed by atoms with Crippen molar-refractivity contribution in [3.05, 3.63) is 54.2 Å². The fourth-order valence-corrected chi connectivity index (χ4v) is 5.19. The van der Waals surface area contributed by atoms with E-state index in [0.717, 1.165) is 5.56 Å². The number of nitrogens with zero attached hydrogens (tertiary/aromatic N) is 3. The minimum absolute atomic E-state index is 0.101. The third-order valence-electron chi connectivity index (χ3n) is 6.62. The lowest BCUT2D eigenvalue weighted by atomic mass is 10.1. The number of nitrogens with one attached hydrogen (secondary N) is 2. The number of aromatic amines is 1. The average molecular weight is 566 g/mol. The second kappa shape index (κ2) is 11.1. The fraction of sp³-hybridized carbons (Fsp3) is 0.321. The maximum Gasteiger partial charge on any atom is 0.253 e. The van der Waals surface area contributed by atoms with Crippen molar-refractivity contribution in [2.45, 2.75) is 23.8 Å². The molecule has 0 bridgehead atoms. The van der Waals surface area contributed by atoms with Gasteiger partial charge in [-0.3, -0.25) is 4.79 Å². The Morgan fingerprint density at radius 2 is 1.90 bits per heavy atom. The van der Waals surface area contributed by atoms with E-state index < -0.39 is 9.84 Å². The molecule has 1 amide bonds. The maximum absolute atomic E-state index is 12.4. The Hall–Kier alpha value is -4.16. The van der Waals surface area contributed by atoms with Crippen molar-refractivity contribution in [1.29, 1.82) is 0 Å². The number of carbonyl (C=O) groups is 1. The first-order valence-electron chi connectivity index (χ1n) is 12.7. The number of sulfone groups is 1. The summed E-state index contributed by atoms with van der Waals surface area (Å²) in [5.74, 6) is 0.929. The van der Waals surface area contributed by atoms with Crippen molar-refractivity contribution in [3.8, 4) is 22.8 Å². The van der Waals surface area contributed by atoms with E-state index in [4.69, 9.17) is 19.2 Å². The molecule has 1 aliphatic rings. The Kier molecular flexibility index (Phi) is 7.63. The number of hydrogen-bond donors (Lipinski definition) is 2. The number of fused-ring (bicyclic) bond motifs is 1. The predicted molar refractivity (Wildman–Crippen MR) is 151 cm³/mol. The number of hydrogen-bond acceptors (Lipinski definition) is 9. The van der Waals surface area contributed by atoms with E-state index in [2.05, 4.69) is 15.3 Å². The largest absolute Gasteiger partial charge is 0.495 e. The van der Waals surface area contributed by atoms with Gasteiger partial charge in [-0.05, 0) is 35.9 Å². The lowest BCUT2D eigenvalue weighted by molar-refractivity contribution is 0.0244. The summed E-state index contributed by atoms with van der Waals surface area (Å²) in [5, 5.41) is 3.83. The van der Waals surface area contributed by atoms with Gasteiger partial charge in [-0.25, -0.2) is 8.42 Å². The maximum atomic E-state index is 12.4. The summed E-state index contributed by atoms with van der Waals surface area (Å²) in [6, 6.07) is 11.8. The number of H-pyrrole nitrogens is 1. The zero-order chi connectivity index (χ0) is 28.4. The SMILES string of the molecule is COc1cc(C(=O)N(C)C)ccc1Nc1nc(OC2CCOCC2)c2c(-c3cccc(S(C)(=O)=O)c3)c[nH]c2n1. The average Bonchev–Trinajstić information content (AvgIpc) is 3.37. The van der Waals surface area contributed by atoms with Crippen LogP contribution in [0.25, 0.3) is 22.2 Å². The highest BCUT2D eigenvalue weighted by atomic mass is 32.2. The molecule has 11 nitrogen and oxygen atoms in total. The van der Waals surface area contributed by atoms with Gasteiger partial charge in [0.1, 0.15) is 17.5 Å². The van der Waals surface area contributed by atoms with Gasteiger partial charge in [0, 0.05) is 50.5 Å². The molecule has 0 unspecified atom stereocenters. The molecule has 3 heterocycles. The number of methoxy groups -OCH3 is 1. The number of benzene rings is 2. The molecule has 0 atom stereocenters. The molecule has 1 fully saturated rings. The Balaban J connectivity index is 1.57. The third kappa shape index (κ3) is 5.73. The Labute approximate surface area is 232 Å². The van der Waals surface area contributed by atoms with Crippen LogP contribution in [0.5, 0.6) is 11.6 Å². The quantitative estimate of drug-likeness (QED) is 0.324. The molecular weight excluding hydrogens is 534 g/mol. The van der Waals surface area contributed by atoms with Gasteiger partial charge in [0.2, 0.25) is 11.8 Å². The molecule has 2 aromatic heterocycles. The van der Waals surface area contributed by atoms with Crippen molar-refractivity contribution in [2.24, 2.45) is 0 Å². The molecule has 1 aliphatic heterocycles. The van der Waals surface area contributed by atoms with Crippen LogP contribution >= 0.6 is 0 Å². The first-order chi connectivity index (χ1) is 19.1. The lowest BCUT2D eigenvalue weighted by Crippen LogP contribution is -2.26. The van der Waals surface area contributed by atoms with Crippen molar-refractivity contribution >= 4 is 38.4 Å². The minimum atomic E-state index is -3.40. The van der Waals surface area contributed by atoms with Gasteiger partial charge in [-0.15, -0.1) is 0 Å². The van der Waals surface area contributed by atoms with Crippen LogP contribution in [0, 0.1) is 0 Å². The number of ether oxygens (including phenoxy) is 3. The summed E-state index contributed by atoms with van der Waals surface area (Å²) in [6.45, 7) is 1.19. The second-order valence-electron chi connectivity index (χ2n) is 9.75. The standard InChI is InChI=1S/C28H31N5O6S/c1-33(2)27(34)18-8-9-22(23(15-18)37-3)30-28-31-25-24(26(32-28)39-19-10-12-38-13-11-19)21(16-29-25)17-6-5-7-20(14-17)40(4,35)36/h5-9,14-16,19H,10-13H2,1-4H3,(H2,29,30,31,32). The first-order valence-corrected chi connectivity index (χ1v) is 14.6. The molecule has 2 aromatic carbocycles. The molecule has 0 saturated carbocycles. The van der Waals surface area contributed by atoms with Crippen LogP contribution in [0.1, 0.15) is 23.2 Å².